The van der Waals surface area contributed by atoms with Crippen molar-refractivity contribution in [1.82, 2.24) is 0 Å². The van der Waals surface area contributed by atoms with E-state index in [0.29, 0.717) is 25.7 Å². The third-order valence-corrected chi connectivity index (χ3v) is 20.4. The molecule has 19 heteroatoms. The van der Waals surface area contributed by atoms with Crippen molar-refractivity contribution in [2.75, 3.05) is 39.6 Å². The zero-order valence-electron chi connectivity index (χ0n) is 63.5. The third kappa shape index (κ3) is 70.9. The molecule has 0 aromatic rings. The van der Waals surface area contributed by atoms with Crippen molar-refractivity contribution in [1.29, 1.82) is 0 Å². The van der Waals surface area contributed by atoms with Crippen LogP contribution in [-0.4, -0.2) is 96.7 Å². The largest absolute Gasteiger partial charge is 0.472 e. The fourth-order valence-corrected chi connectivity index (χ4v) is 13.5. The van der Waals surface area contributed by atoms with Gasteiger partial charge in [-0.3, -0.25) is 37.3 Å². The fourth-order valence-electron chi connectivity index (χ4n) is 11.9. The van der Waals surface area contributed by atoms with E-state index in [-0.39, 0.29) is 25.7 Å². The van der Waals surface area contributed by atoms with Gasteiger partial charge in [-0.1, -0.05) is 350 Å². The molecule has 576 valence electrons. The predicted octanol–water partition coefficient (Wildman–Crippen LogP) is 23.0. The Morgan fingerprint density at radius 1 is 0.299 bits per heavy atom. The van der Waals surface area contributed by atoms with E-state index in [1.54, 1.807) is 0 Å². The Morgan fingerprint density at radius 3 is 0.784 bits per heavy atom. The molecule has 0 saturated heterocycles. The molecular weight excluding hydrogens is 1270 g/mol. The summed E-state index contributed by atoms with van der Waals surface area (Å²) in [5.74, 6) is 0.216. The molecule has 6 atom stereocenters. The van der Waals surface area contributed by atoms with Crippen molar-refractivity contribution in [2.24, 2.45) is 17.8 Å². The molecule has 0 spiro atoms. The summed E-state index contributed by atoms with van der Waals surface area (Å²) in [6.07, 6.45) is 55.3. The van der Waals surface area contributed by atoms with Crippen LogP contribution in [0.2, 0.25) is 0 Å². The molecule has 0 aromatic carbocycles. The lowest BCUT2D eigenvalue weighted by molar-refractivity contribution is -0.161. The van der Waals surface area contributed by atoms with Crippen LogP contribution in [0.25, 0.3) is 0 Å². The Kier molecular flexibility index (Phi) is 67.1. The Balaban J connectivity index is 5.28. The predicted molar refractivity (Wildman–Crippen MR) is 395 cm³/mol. The van der Waals surface area contributed by atoms with Crippen molar-refractivity contribution in [2.45, 2.75) is 420 Å². The molecule has 0 aromatic heterocycles. The average molecular weight is 1420 g/mol. The van der Waals surface area contributed by atoms with Crippen molar-refractivity contribution < 1.29 is 80.2 Å². The quantitative estimate of drug-likeness (QED) is 0.0222. The Hall–Kier alpha value is -1.94. The van der Waals surface area contributed by atoms with Crippen LogP contribution in [0.1, 0.15) is 402 Å². The summed E-state index contributed by atoms with van der Waals surface area (Å²) < 4.78 is 68.7. The monoisotopic (exact) mass is 1420 g/mol. The summed E-state index contributed by atoms with van der Waals surface area (Å²) in [7, 11) is -9.92. The number of hydrogen-bond acceptors (Lipinski definition) is 15. The summed E-state index contributed by atoms with van der Waals surface area (Å²) >= 11 is 0. The second kappa shape index (κ2) is 68.5. The lowest BCUT2D eigenvalue weighted by Crippen LogP contribution is -2.30. The second-order valence-electron chi connectivity index (χ2n) is 29.3. The number of rotatable bonds is 76. The van der Waals surface area contributed by atoms with Crippen LogP contribution >= 0.6 is 15.6 Å². The molecule has 0 saturated carbocycles. The van der Waals surface area contributed by atoms with E-state index in [1.807, 2.05) is 0 Å². The standard InChI is InChI=1S/C78H152O17P2/c1-8-10-11-12-13-14-15-16-17-20-25-30-38-45-52-59-75(80)88-65-73(94-77(82)61-54-47-40-31-26-21-18-19-23-28-35-42-49-56-69(3)4)67-92-96(84,85)90-63-72(79)64-91-97(86,87)93-68-74(66-89-76(81)60-53-46-39-34-33-37-44-51-58-71(7)9-2)95-78(83)62-55-48-41-32-27-22-24-29-36-43-50-57-70(5)6/h69-74,79H,8-68H2,1-7H3,(H,84,85)(H,86,87)/t71?,72-,73-,74-/m1/s1. The summed E-state index contributed by atoms with van der Waals surface area (Å²) in [6, 6.07) is 0. The SMILES string of the molecule is CCCCCCCCCCCCCCCCCC(=O)OC[C@H](COP(=O)(O)OC[C@@H](O)COP(=O)(O)OC[C@@H](COC(=O)CCCCCCCCCCC(C)CC)OC(=O)CCCCCCCCCCCCCC(C)C)OC(=O)CCCCCCCCCCCCCCCC(C)C. The second-order valence-corrected chi connectivity index (χ2v) is 32.2. The number of unbranched alkanes of at least 4 members (excludes halogenated alkanes) is 43. The van der Waals surface area contributed by atoms with E-state index < -0.39 is 97.5 Å². The smallest absolute Gasteiger partial charge is 0.462 e. The molecule has 17 nitrogen and oxygen atoms in total. The number of carbonyl (C=O) groups excluding carboxylic acids is 4. The fraction of sp³-hybridized carbons (Fsp3) is 0.949. The maximum absolute atomic E-state index is 13.1. The van der Waals surface area contributed by atoms with Crippen molar-refractivity contribution >= 4 is 39.5 Å². The van der Waals surface area contributed by atoms with Crippen molar-refractivity contribution in [3.8, 4) is 0 Å². The first-order valence-electron chi connectivity index (χ1n) is 40.4. The molecule has 0 radical (unpaired) electrons. The number of aliphatic hydroxyl groups is 1. The summed E-state index contributed by atoms with van der Waals surface area (Å²) in [5.41, 5.74) is 0. The van der Waals surface area contributed by atoms with E-state index in [9.17, 15) is 43.2 Å². The van der Waals surface area contributed by atoms with Crippen molar-refractivity contribution in [3.63, 3.8) is 0 Å². The maximum atomic E-state index is 13.1. The molecule has 0 aliphatic heterocycles. The first-order valence-corrected chi connectivity index (χ1v) is 43.4. The average Bonchev–Trinajstić information content (AvgIpc) is 1.27. The molecule has 97 heavy (non-hydrogen) atoms. The first kappa shape index (κ1) is 95.1. The number of ether oxygens (including phenoxy) is 4. The van der Waals surface area contributed by atoms with Crippen LogP contribution < -0.4 is 0 Å². The maximum Gasteiger partial charge on any atom is 0.472 e. The van der Waals surface area contributed by atoms with Crippen LogP contribution in [0.5, 0.6) is 0 Å². The molecule has 0 bridgehead atoms. The van der Waals surface area contributed by atoms with Gasteiger partial charge >= 0.3 is 39.5 Å². The topological polar surface area (TPSA) is 237 Å². The van der Waals surface area contributed by atoms with E-state index in [0.717, 1.165) is 108 Å². The number of carbonyl (C=O) groups is 4. The molecule has 0 rings (SSSR count). The van der Waals surface area contributed by atoms with Gasteiger partial charge in [-0.05, 0) is 43.4 Å². The number of phosphoric acid groups is 2. The van der Waals surface area contributed by atoms with Gasteiger partial charge < -0.3 is 33.8 Å². The van der Waals surface area contributed by atoms with E-state index in [2.05, 4.69) is 48.5 Å². The van der Waals surface area contributed by atoms with Gasteiger partial charge in [-0.2, -0.15) is 0 Å². The molecule has 0 aliphatic carbocycles. The molecule has 0 amide bonds. The first-order chi connectivity index (χ1) is 46.8. The minimum Gasteiger partial charge on any atom is -0.462 e. The third-order valence-electron chi connectivity index (χ3n) is 18.5. The zero-order valence-corrected chi connectivity index (χ0v) is 65.3. The van der Waals surface area contributed by atoms with Gasteiger partial charge in [0.2, 0.25) is 0 Å². The van der Waals surface area contributed by atoms with Crippen LogP contribution in [-0.2, 0) is 65.4 Å². The summed E-state index contributed by atoms with van der Waals surface area (Å²) in [5, 5.41) is 10.6. The Morgan fingerprint density at radius 2 is 0.526 bits per heavy atom. The number of aliphatic hydroxyl groups excluding tert-OH is 1. The molecular formula is C78H152O17P2. The van der Waals surface area contributed by atoms with Crippen LogP contribution in [0, 0.1) is 17.8 Å². The summed E-state index contributed by atoms with van der Waals surface area (Å²) in [4.78, 5) is 73.0. The van der Waals surface area contributed by atoms with Gasteiger partial charge in [0.05, 0.1) is 26.4 Å². The van der Waals surface area contributed by atoms with Gasteiger partial charge in [0.1, 0.15) is 19.3 Å². The minimum absolute atomic E-state index is 0.106. The van der Waals surface area contributed by atoms with Gasteiger partial charge in [0.15, 0.2) is 12.2 Å². The molecule has 0 aliphatic rings. The Bertz CT molecular complexity index is 1890. The minimum atomic E-state index is -4.96. The highest BCUT2D eigenvalue weighted by molar-refractivity contribution is 7.47. The lowest BCUT2D eigenvalue weighted by atomic mass is 9.99. The molecule has 0 fully saturated rings. The highest BCUT2D eigenvalue weighted by atomic mass is 31.2. The number of phosphoric ester groups is 2. The highest BCUT2D eigenvalue weighted by Gasteiger charge is 2.30. The molecule has 3 N–H and O–H groups in total. The number of esters is 4. The van der Waals surface area contributed by atoms with Crippen LogP contribution in [0.15, 0.2) is 0 Å². The van der Waals surface area contributed by atoms with Gasteiger partial charge in [0, 0.05) is 25.7 Å². The van der Waals surface area contributed by atoms with E-state index in [4.69, 9.17) is 37.0 Å². The Labute approximate surface area is 594 Å². The van der Waals surface area contributed by atoms with Gasteiger partial charge in [-0.15, -0.1) is 0 Å². The highest BCUT2D eigenvalue weighted by Crippen LogP contribution is 2.45. The lowest BCUT2D eigenvalue weighted by Gasteiger charge is -2.21. The van der Waals surface area contributed by atoms with Crippen LogP contribution in [0.3, 0.4) is 0 Å². The van der Waals surface area contributed by atoms with E-state index >= 15 is 0 Å². The number of hydrogen-bond donors (Lipinski definition) is 3. The van der Waals surface area contributed by atoms with Crippen LogP contribution in [0.4, 0.5) is 0 Å². The molecule has 3 unspecified atom stereocenters. The molecule has 0 heterocycles. The zero-order chi connectivity index (χ0) is 71.6. The van der Waals surface area contributed by atoms with Gasteiger partial charge in [-0.25, -0.2) is 9.13 Å². The summed E-state index contributed by atoms with van der Waals surface area (Å²) in [6.45, 7) is 11.9. The van der Waals surface area contributed by atoms with Gasteiger partial charge in [0.25, 0.3) is 0 Å². The van der Waals surface area contributed by atoms with E-state index in [1.165, 1.54) is 212 Å². The normalized spacial score (nSPS) is 14.3. The van der Waals surface area contributed by atoms with Crippen molar-refractivity contribution in [3.05, 3.63) is 0 Å².